The molecular formula is C20H24ClN3O3. The van der Waals surface area contributed by atoms with E-state index in [2.05, 4.69) is 17.0 Å². The Hall–Kier alpha value is -1.89. The van der Waals surface area contributed by atoms with Crippen LogP contribution in [0.3, 0.4) is 0 Å². The Labute approximate surface area is 164 Å². The number of benzene rings is 1. The first-order chi connectivity index (χ1) is 13.1. The van der Waals surface area contributed by atoms with E-state index in [-0.39, 0.29) is 11.4 Å². The summed E-state index contributed by atoms with van der Waals surface area (Å²) < 4.78 is 11.1. The van der Waals surface area contributed by atoms with Crippen molar-refractivity contribution in [2.45, 2.75) is 25.8 Å². The molecule has 144 valence electrons. The number of ether oxygens (including phenoxy) is 1. The molecule has 1 amide bonds. The van der Waals surface area contributed by atoms with Gasteiger partial charge in [0.25, 0.3) is 5.91 Å². The van der Waals surface area contributed by atoms with Crippen molar-refractivity contribution in [3.05, 3.63) is 40.6 Å². The Balaban J connectivity index is 1.66. The van der Waals surface area contributed by atoms with Crippen LogP contribution in [0.5, 0.6) is 0 Å². The van der Waals surface area contributed by atoms with Crippen LogP contribution >= 0.6 is 11.6 Å². The van der Waals surface area contributed by atoms with Gasteiger partial charge in [-0.1, -0.05) is 41.9 Å². The van der Waals surface area contributed by atoms with Crippen LogP contribution in [0.4, 0.5) is 0 Å². The van der Waals surface area contributed by atoms with Gasteiger partial charge in [-0.25, -0.2) is 0 Å². The smallest absolute Gasteiger partial charge is 0.259 e. The zero-order chi connectivity index (χ0) is 19.0. The first kappa shape index (κ1) is 18.5. The van der Waals surface area contributed by atoms with Crippen LogP contribution in [0.25, 0.3) is 11.3 Å². The third-order valence-electron chi connectivity index (χ3n) is 5.75. The summed E-state index contributed by atoms with van der Waals surface area (Å²) in [6.45, 7) is 8.50. The van der Waals surface area contributed by atoms with Crippen molar-refractivity contribution in [2.24, 2.45) is 0 Å². The SMILES string of the molecule is CCN1CCN(C(=O)c2c(-c3ccccc3Cl)noc2C)CC12CCOC2. The van der Waals surface area contributed by atoms with E-state index in [0.29, 0.717) is 47.3 Å². The van der Waals surface area contributed by atoms with Crippen molar-refractivity contribution >= 4 is 17.5 Å². The summed E-state index contributed by atoms with van der Waals surface area (Å²) in [7, 11) is 0. The molecule has 1 atom stereocenters. The summed E-state index contributed by atoms with van der Waals surface area (Å²) in [4.78, 5) is 17.8. The summed E-state index contributed by atoms with van der Waals surface area (Å²) in [5.74, 6) is 0.468. The van der Waals surface area contributed by atoms with Gasteiger partial charge < -0.3 is 14.2 Å². The number of amides is 1. The number of likely N-dealkylation sites (N-methyl/N-ethyl adjacent to an activating group) is 1. The molecule has 2 saturated heterocycles. The van der Waals surface area contributed by atoms with Gasteiger partial charge in [0.2, 0.25) is 0 Å². The molecule has 7 heteroatoms. The molecule has 0 N–H and O–H groups in total. The zero-order valence-electron chi connectivity index (χ0n) is 15.7. The van der Waals surface area contributed by atoms with Crippen molar-refractivity contribution in [3.8, 4) is 11.3 Å². The predicted octanol–water partition coefficient (Wildman–Crippen LogP) is 3.24. The monoisotopic (exact) mass is 389 g/mol. The quantitative estimate of drug-likeness (QED) is 0.806. The molecule has 4 rings (SSSR count). The first-order valence-corrected chi connectivity index (χ1v) is 9.77. The number of halogens is 1. The van der Waals surface area contributed by atoms with E-state index in [4.69, 9.17) is 20.9 Å². The maximum absolute atomic E-state index is 13.4. The number of hydrogen-bond acceptors (Lipinski definition) is 5. The molecule has 0 saturated carbocycles. The van der Waals surface area contributed by atoms with Crippen molar-refractivity contribution in [1.82, 2.24) is 15.0 Å². The summed E-state index contributed by atoms with van der Waals surface area (Å²) in [6, 6.07) is 7.39. The molecule has 1 aromatic carbocycles. The number of aromatic nitrogens is 1. The van der Waals surface area contributed by atoms with E-state index in [1.165, 1.54) is 0 Å². The van der Waals surface area contributed by atoms with Gasteiger partial charge in [0.1, 0.15) is 17.0 Å². The predicted molar refractivity (Wildman–Crippen MR) is 103 cm³/mol. The van der Waals surface area contributed by atoms with Gasteiger partial charge in [0.05, 0.1) is 17.2 Å². The maximum atomic E-state index is 13.4. The summed E-state index contributed by atoms with van der Waals surface area (Å²) in [6.07, 6.45) is 0.949. The van der Waals surface area contributed by atoms with Crippen LogP contribution in [0.2, 0.25) is 5.02 Å². The van der Waals surface area contributed by atoms with Crippen molar-refractivity contribution in [3.63, 3.8) is 0 Å². The van der Waals surface area contributed by atoms with Gasteiger partial charge in [-0.05, 0) is 26.0 Å². The second-order valence-corrected chi connectivity index (χ2v) is 7.68. The minimum atomic E-state index is -0.0850. The molecule has 27 heavy (non-hydrogen) atoms. The minimum absolute atomic E-state index is 0.0503. The molecule has 1 aromatic heterocycles. The zero-order valence-corrected chi connectivity index (χ0v) is 16.5. The average Bonchev–Trinajstić information content (AvgIpc) is 3.29. The molecule has 2 aliphatic rings. The number of hydrogen-bond donors (Lipinski definition) is 0. The van der Waals surface area contributed by atoms with E-state index >= 15 is 0 Å². The maximum Gasteiger partial charge on any atom is 0.259 e. The Bertz CT molecular complexity index is 845. The molecule has 1 unspecified atom stereocenters. The molecule has 2 aliphatic heterocycles. The standard InChI is InChI=1S/C20H24ClN3O3/c1-3-24-10-9-23(12-20(24)8-11-26-13-20)19(25)17-14(2)27-22-18(17)15-6-4-5-7-16(15)21/h4-7H,3,8-13H2,1-2H3. The van der Waals surface area contributed by atoms with Gasteiger partial charge in [-0.3, -0.25) is 9.69 Å². The highest BCUT2D eigenvalue weighted by Crippen LogP contribution is 2.34. The summed E-state index contributed by atoms with van der Waals surface area (Å²) in [5, 5.41) is 4.69. The third-order valence-corrected chi connectivity index (χ3v) is 6.08. The van der Waals surface area contributed by atoms with Gasteiger partial charge in [-0.15, -0.1) is 0 Å². The lowest BCUT2D eigenvalue weighted by molar-refractivity contribution is -0.00226. The molecular weight excluding hydrogens is 366 g/mol. The Morgan fingerprint density at radius 2 is 2.15 bits per heavy atom. The molecule has 2 aromatic rings. The van der Waals surface area contributed by atoms with Crippen LogP contribution < -0.4 is 0 Å². The second-order valence-electron chi connectivity index (χ2n) is 7.28. The summed E-state index contributed by atoms with van der Waals surface area (Å²) in [5.41, 5.74) is 1.64. The van der Waals surface area contributed by atoms with Gasteiger partial charge in [0.15, 0.2) is 0 Å². The van der Waals surface area contributed by atoms with E-state index in [0.717, 1.165) is 26.1 Å². The Kier molecular flexibility index (Phi) is 4.97. The van der Waals surface area contributed by atoms with Crippen LogP contribution in [0.1, 0.15) is 29.5 Å². The lowest BCUT2D eigenvalue weighted by atomic mass is 9.92. The van der Waals surface area contributed by atoms with Crippen LogP contribution in [-0.4, -0.2) is 65.8 Å². The van der Waals surface area contributed by atoms with Gasteiger partial charge in [0, 0.05) is 31.8 Å². The molecule has 0 radical (unpaired) electrons. The fourth-order valence-electron chi connectivity index (χ4n) is 4.27. The number of piperazine rings is 1. The highest BCUT2D eigenvalue weighted by molar-refractivity contribution is 6.33. The van der Waals surface area contributed by atoms with Gasteiger partial charge in [-0.2, -0.15) is 0 Å². The molecule has 1 spiro atoms. The summed E-state index contributed by atoms with van der Waals surface area (Å²) >= 11 is 6.34. The molecule has 3 heterocycles. The second kappa shape index (κ2) is 7.26. The normalized spacial score (nSPS) is 23.3. The van der Waals surface area contributed by atoms with Crippen molar-refractivity contribution in [1.29, 1.82) is 0 Å². The highest BCUT2D eigenvalue weighted by atomic mass is 35.5. The van der Waals surface area contributed by atoms with E-state index in [1.807, 2.05) is 23.1 Å². The number of rotatable bonds is 3. The number of aryl methyl sites for hydroxylation is 1. The molecule has 2 fully saturated rings. The fraction of sp³-hybridized carbons (Fsp3) is 0.500. The minimum Gasteiger partial charge on any atom is -0.379 e. The van der Waals surface area contributed by atoms with Crippen molar-refractivity contribution < 1.29 is 14.1 Å². The number of carbonyl (C=O) groups is 1. The third kappa shape index (κ3) is 3.16. The van der Waals surface area contributed by atoms with Crippen LogP contribution in [-0.2, 0) is 4.74 Å². The van der Waals surface area contributed by atoms with Gasteiger partial charge >= 0.3 is 0 Å². The van der Waals surface area contributed by atoms with Crippen LogP contribution in [0.15, 0.2) is 28.8 Å². The van der Waals surface area contributed by atoms with E-state index in [1.54, 1.807) is 13.0 Å². The Morgan fingerprint density at radius 1 is 1.33 bits per heavy atom. The number of carbonyl (C=O) groups excluding carboxylic acids is 1. The van der Waals surface area contributed by atoms with E-state index in [9.17, 15) is 4.79 Å². The first-order valence-electron chi connectivity index (χ1n) is 9.39. The lowest BCUT2D eigenvalue weighted by Gasteiger charge is -2.47. The molecule has 0 bridgehead atoms. The largest absolute Gasteiger partial charge is 0.379 e. The molecule has 6 nitrogen and oxygen atoms in total. The average molecular weight is 390 g/mol. The highest BCUT2D eigenvalue weighted by Gasteiger charge is 2.45. The Morgan fingerprint density at radius 3 is 2.85 bits per heavy atom. The topological polar surface area (TPSA) is 58.8 Å². The molecule has 0 aliphatic carbocycles. The number of nitrogens with zero attached hydrogens (tertiary/aromatic N) is 3. The fourth-order valence-corrected chi connectivity index (χ4v) is 4.49. The van der Waals surface area contributed by atoms with Crippen molar-refractivity contribution in [2.75, 3.05) is 39.4 Å². The van der Waals surface area contributed by atoms with E-state index < -0.39 is 0 Å². The lowest BCUT2D eigenvalue weighted by Crippen LogP contribution is -2.63. The van der Waals surface area contributed by atoms with Crippen LogP contribution in [0, 0.1) is 6.92 Å².